The van der Waals surface area contributed by atoms with Crippen LogP contribution in [0.1, 0.15) is 47.6 Å². The Morgan fingerprint density at radius 2 is 1.71 bits per heavy atom. The van der Waals surface area contributed by atoms with Gasteiger partial charge in [0.25, 0.3) is 5.91 Å². The molecule has 1 fully saturated rings. The first kappa shape index (κ1) is 23.4. The van der Waals surface area contributed by atoms with Gasteiger partial charge < -0.3 is 0 Å². The molecule has 3 aromatic carbocycles. The second-order valence-corrected chi connectivity index (χ2v) is 9.84. The van der Waals surface area contributed by atoms with Gasteiger partial charge in [-0.1, -0.05) is 72.3 Å². The van der Waals surface area contributed by atoms with E-state index in [1.165, 1.54) is 17.7 Å². The van der Waals surface area contributed by atoms with Crippen LogP contribution in [0.15, 0.2) is 84.0 Å². The first-order chi connectivity index (χ1) is 17.0. The number of hydrogen-bond acceptors (Lipinski definition) is 3. The fourth-order valence-corrected chi connectivity index (χ4v) is 5.24. The number of halogens is 1. The summed E-state index contributed by atoms with van der Waals surface area (Å²) in [5, 5.41) is 6.44. The summed E-state index contributed by atoms with van der Waals surface area (Å²) in [5.74, 6) is 0.389. The summed E-state index contributed by atoms with van der Waals surface area (Å²) >= 11 is 0. The molecule has 1 amide bonds. The molecule has 4 nitrogen and oxygen atoms in total. The number of piperidine rings is 1. The molecule has 5 heteroatoms. The lowest BCUT2D eigenvalue weighted by molar-refractivity contribution is -0.134. The summed E-state index contributed by atoms with van der Waals surface area (Å²) in [4.78, 5) is 15.7. The van der Waals surface area contributed by atoms with Crippen molar-refractivity contribution in [2.75, 3.05) is 19.6 Å². The molecule has 0 aromatic heterocycles. The third-order valence-corrected chi connectivity index (χ3v) is 7.21. The van der Waals surface area contributed by atoms with Gasteiger partial charge in [0.1, 0.15) is 5.82 Å². The van der Waals surface area contributed by atoms with Crippen molar-refractivity contribution in [3.05, 3.63) is 107 Å². The summed E-state index contributed by atoms with van der Waals surface area (Å²) in [5.41, 5.74) is 5.39. The van der Waals surface area contributed by atoms with E-state index in [1.54, 1.807) is 17.1 Å². The van der Waals surface area contributed by atoms with Crippen molar-refractivity contribution in [3.63, 3.8) is 0 Å². The van der Waals surface area contributed by atoms with Gasteiger partial charge in [0.05, 0.1) is 18.3 Å². The maximum Gasteiger partial charge on any atom is 0.257 e. The molecule has 0 radical (unpaired) electrons. The molecule has 0 aliphatic carbocycles. The third-order valence-electron chi connectivity index (χ3n) is 7.21. The second-order valence-electron chi connectivity index (χ2n) is 9.84. The van der Waals surface area contributed by atoms with Gasteiger partial charge in [0, 0.05) is 6.42 Å². The van der Waals surface area contributed by atoms with E-state index in [1.807, 2.05) is 12.1 Å². The maximum atomic E-state index is 13.6. The Kier molecular flexibility index (Phi) is 7.05. The molecule has 1 saturated heterocycles. The number of carbonyl (C=O) groups excluding carboxylic acids is 1. The molecule has 2 aliphatic rings. The van der Waals surface area contributed by atoms with Crippen LogP contribution in [0.2, 0.25) is 0 Å². The molecule has 35 heavy (non-hydrogen) atoms. The number of aryl methyl sites for hydroxylation is 1. The molecule has 0 N–H and O–H groups in total. The first-order valence-corrected chi connectivity index (χ1v) is 12.5. The van der Waals surface area contributed by atoms with E-state index in [0.29, 0.717) is 18.9 Å². The van der Waals surface area contributed by atoms with Crippen molar-refractivity contribution in [2.24, 2.45) is 11.0 Å². The normalized spacial score (nSPS) is 19.1. The van der Waals surface area contributed by atoms with Gasteiger partial charge in [-0.15, -0.1) is 0 Å². The summed E-state index contributed by atoms with van der Waals surface area (Å²) < 4.78 is 13.6. The van der Waals surface area contributed by atoms with E-state index in [0.717, 1.165) is 54.8 Å². The number of benzene rings is 3. The lowest BCUT2D eigenvalue weighted by Crippen LogP contribution is -2.42. The van der Waals surface area contributed by atoms with E-state index in [9.17, 15) is 9.18 Å². The number of nitrogens with zero attached hydrogens (tertiary/aromatic N) is 3. The van der Waals surface area contributed by atoms with Crippen molar-refractivity contribution in [1.29, 1.82) is 0 Å². The van der Waals surface area contributed by atoms with Crippen LogP contribution in [0.25, 0.3) is 0 Å². The first-order valence-electron chi connectivity index (χ1n) is 12.5. The lowest BCUT2D eigenvalue weighted by Gasteiger charge is -2.33. The minimum absolute atomic E-state index is 0.00323. The minimum Gasteiger partial charge on any atom is -0.294 e. The Bertz CT molecular complexity index is 1180. The molecule has 2 aliphatic heterocycles. The Hall–Kier alpha value is -3.31. The van der Waals surface area contributed by atoms with Crippen LogP contribution < -0.4 is 0 Å². The Labute approximate surface area is 207 Å². The third kappa shape index (κ3) is 5.68. The zero-order chi connectivity index (χ0) is 24.2. The maximum absolute atomic E-state index is 13.6. The van der Waals surface area contributed by atoms with Crippen LogP contribution in [0.4, 0.5) is 4.39 Å². The van der Waals surface area contributed by atoms with E-state index in [-0.39, 0.29) is 17.8 Å². The van der Waals surface area contributed by atoms with Crippen LogP contribution >= 0.6 is 0 Å². The molecule has 0 spiro atoms. The molecule has 1 atom stereocenters. The van der Waals surface area contributed by atoms with Crippen LogP contribution in [0, 0.1) is 18.7 Å². The lowest BCUT2D eigenvalue weighted by atomic mass is 9.90. The van der Waals surface area contributed by atoms with Crippen LogP contribution in [0.5, 0.6) is 0 Å². The topological polar surface area (TPSA) is 35.9 Å². The highest BCUT2D eigenvalue weighted by molar-refractivity contribution is 6.03. The van der Waals surface area contributed by atoms with Crippen molar-refractivity contribution >= 4 is 11.6 Å². The van der Waals surface area contributed by atoms with Gasteiger partial charge in [-0.25, -0.2) is 9.40 Å². The van der Waals surface area contributed by atoms with E-state index in [2.05, 4.69) is 54.3 Å². The molecule has 180 valence electrons. The van der Waals surface area contributed by atoms with E-state index in [4.69, 9.17) is 5.10 Å². The van der Waals surface area contributed by atoms with Crippen molar-refractivity contribution in [1.82, 2.24) is 9.91 Å². The van der Waals surface area contributed by atoms with Crippen molar-refractivity contribution in [3.8, 4) is 0 Å². The highest BCUT2D eigenvalue weighted by atomic mass is 19.1. The SMILES string of the molecule is Cc1cccc(C2=NN(C(=O)CN3CCC(Cc4ccccc4)CC3)C(c3ccc(F)cc3)C2)c1. The number of rotatable bonds is 6. The number of amides is 1. The molecular formula is C30H32FN3O. The molecule has 0 bridgehead atoms. The fourth-order valence-electron chi connectivity index (χ4n) is 5.24. The summed E-state index contributed by atoms with van der Waals surface area (Å²) in [6.07, 6.45) is 3.92. The average molecular weight is 470 g/mol. The predicted molar refractivity (Wildman–Crippen MR) is 138 cm³/mol. The van der Waals surface area contributed by atoms with Crippen LogP contribution in [-0.2, 0) is 11.2 Å². The number of carbonyl (C=O) groups is 1. The Balaban J connectivity index is 1.27. The Morgan fingerprint density at radius 3 is 2.43 bits per heavy atom. The largest absolute Gasteiger partial charge is 0.294 e. The smallest absolute Gasteiger partial charge is 0.257 e. The quantitative estimate of drug-likeness (QED) is 0.460. The predicted octanol–water partition coefficient (Wildman–Crippen LogP) is 5.77. The highest BCUT2D eigenvalue weighted by Gasteiger charge is 2.34. The van der Waals surface area contributed by atoms with Gasteiger partial charge in [0.15, 0.2) is 0 Å². The zero-order valence-electron chi connectivity index (χ0n) is 20.2. The van der Waals surface area contributed by atoms with E-state index >= 15 is 0 Å². The number of likely N-dealkylation sites (tertiary alicyclic amines) is 1. The highest BCUT2D eigenvalue weighted by Crippen LogP contribution is 2.33. The average Bonchev–Trinajstić information content (AvgIpc) is 3.32. The summed E-state index contributed by atoms with van der Waals surface area (Å²) in [6.45, 7) is 4.26. The molecule has 5 rings (SSSR count). The molecule has 2 heterocycles. The van der Waals surface area contributed by atoms with Gasteiger partial charge in [-0.05, 0) is 74.0 Å². The second kappa shape index (κ2) is 10.5. The summed E-state index contributed by atoms with van der Waals surface area (Å²) in [7, 11) is 0. The van der Waals surface area contributed by atoms with Gasteiger partial charge in [-0.3, -0.25) is 9.69 Å². The number of hydrazone groups is 1. The molecular weight excluding hydrogens is 437 g/mol. The van der Waals surface area contributed by atoms with Crippen LogP contribution in [-0.4, -0.2) is 41.2 Å². The van der Waals surface area contributed by atoms with Gasteiger partial charge in [0.2, 0.25) is 0 Å². The van der Waals surface area contributed by atoms with Crippen molar-refractivity contribution < 1.29 is 9.18 Å². The monoisotopic (exact) mass is 469 g/mol. The summed E-state index contributed by atoms with van der Waals surface area (Å²) in [6, 6.07) is 25.1. The molecule has 0 saturated carbocycles. The zero-order valence-corrected chi connectivity index (χ0v) is 20.2. The Morgan fingerprint density at radius 1 is 0.971 bits per heavy atom. The number of hydrogen-bond donors (Lipinski definition) is 0. The van der Waals surface area contributed by atoms with Crippen LogP contribution in [0.3, 0.4) is 0 Å². The fraction of sp³-hybridized carbons (Fsp3) is 0.333. The standard InChI is InChI=1S/C30H32FN3O/c1-22-6-5-9-26(18-22)28-20-29(25-10-12-27(31)13-11-25)34(32-28)30(35)21-33-16-14-24(15-17-33)19-23-7-3-2-4-8-23/h2-13,18,24,29H,14-17,19-21H2,1H3. The van der Waals surface area contributed by atoms with Gasteiger partial charge >= 0.3 is 0 Å². The molecule has 3 aromatic rings. The van der Waals surface area contributed by atoms with Crippen molar-refractivity contribution in [2.45, 2.75) is 38.6 Å². The molecule has 1 unspecified atom stereocenters. The minimum atomic E-state index is -0.275. The van der Waals surface area contributed by atoms with E-state index < -0.39 is 0 Å². The van der Waals surface area contributed by atoms with Gasteiger partial charge in [-0.2, -0.15) is 5.10 Å².